The Balaban J connectivity index is 0.000000151. The van der Waals surface area contributed by atoms with Crippen LogP contribution in [0.1, 0.15) is 15.9 Å². The van der Waals surface area contributed by atoms with E-state index in [9.17, 15) is 9.59 Å². The quantitative estimate of drug-likeness (QED) is 0.852. The lowest BCUT2D eigenvalue weighted by molar-refractivity contribution is -0.107. The fourth-order valence-corrected chi connectivity index (χ4v) is 2.05. The molecule has 0 bridgehead atoms. The fraction of sp³-hybridized carbons (Fsp3) is 0.125. The highest BCUT2D eigenvalue weighted by Crippen LogP contribution is 2.25. The SMILES string of the molecule is O=C(O)c1ccccc1.O=CN1CCc2ccccc21. The van der Waals surface area contributed by atoms with E-state index in [0.717, 1.165) is 25.1 Å². The molecule has 2 aromatic rings. The Hall–Kier alpha value is -2.62. The largest absolute Gasteiger partial charge is 0.478 e. The highest BCUT2D eigenvalue weighted by molar-refractivity contribution is 5.87. The van der Waals surface area contributed by atoms with Crippen molar-refractivity contribution < 1.29 is 14.7 Å². The molecule has 0 spiro atoms. The molecule has 0 saturated heterocycles. The van der Waals surface area contributed by atoms with Gasteiger partial charge in [0.1, 0.15) is 0 Å². The van der Waals surface area contributed by atoms with Gasteiger partial charge in [0.15, 0.2) is 0 Å². The number of carboxylic acids is 1. The number of hydrogen-bond donors (Lipinski definition) is 1. The van der Waals surface area contributed by atoms with Gasteiger partial charge in [0, 0.05) is 12.2 Å². The number of fused-ring (bicyclic) bond motifs is 1. The van der Waals surface area contributed by atoms with Crippen molar-refractivity contribution in [3.63, 3.8) is 0 Å². The van der Waals surface area contributed by atoms with E-state index in [4.69, 9.17) is 5.11 Å². The summed E-state index contributed by atoms with van der Waals surface area (Å²) in [7, 11) is 0. The first kappa shape index (κ1) is 13.8. The summed E-state index contributed by atoms with van der Waals surface area (Å²) < 4.78 is 0. The summed E-state index contributed by atoms with van der Waals surface area (Å²) in [4.78, 5) is 22.4. The Labute approximate surface area is 117 Å². The van der Waals surface area contributed by atoms with Crippen LogP contribution in [-0.2, 0) is 11.2 Å². The van der Waals surface area contributed by atoms with Gasteiger partial charge in [-0.05, 0) is 30.2 Å². The van der Waals surface area contributed by atoms with E-state index in [-0.39, 0.29) is 0 Å². The zero-order valence-electron chi connectivity index (χ0n) is 10.9. The lowest BCUT2D eigenvalue weighted by atomic mass is 10.2. The molecule has 1 aliphatic rings. The number of nitrogens with zero attached hydrogens (tertiary/aromatic N) is 1. The van der Waals surface area contributed by atoms with Gasteiger partial charge in [-0.25, -0.2) is 4.79 Å². The van der Waals surface area contributed by atoms with E-state index < -0.39 is 5.97 Å². The fourth-order valence-electron chi connectivity index (χ4n) is 2.05. The molecule has 3 rings (SSSR count). The van der Waals surface area contributed by atoms with E-state index in [1.54, 1.807) is 35.2 Å². The van der Waals surface area contributed by atoms with Gasteiger partial charge in [0.2, 0.25) is 6.41 Å². The van der Waals surface area contributed by atoms with E-state index in [1.165, 1.54) is 5.56 Å². The molecule has 4 heteroatoms. The summed E-state index contributed by atoms with van der Waals surface area (Å²) in [6.45, 7) is 0.836. The number of benzene rings is 2. The molecule has 4 nitrogen and oxygen atoms in total. The number of carbonyl (C=O) groups is 2. The number of para-hydroxylation sites is 1. The van der Waals surface area contributed by atoms with Crippen molar-refractivity contribution in [2.24, 2.45) is 0 Å². The molecule has 0 aromatic heterocycles. The maximum atomic E-state index is 10.5. The monoisotopic (exact) mass is 269 g/mol. The first-order valence-electron chi connectivity index (χ1n) is 6.30. The van der Waals surface area contributed by atoms with Gasteiger partial charge in [-0.3, -0.25) is 4.79 Å². The van der Waals surface area contributed by atoms with E-state index >= 15 is 0 Å². The molecule has 2 aromatic carbocycles. The van der Waals surface area contributed by atoms with E-state index in [2.05, 4.69) is 6.07 Å². The molecule has 0 fully saturated rings. The zero-order valence-corrected chi connectivity index (χ0v) is 10.9. The predicted molar refractivity (Wildman–Crippen MR) is 77.0 cm³/mol. The summed E-state index contributed by atoms with van der Waals surface area (Å²) in [6, 6.07) is 16.3. The summed E-state index contributed by atoms with van der Waals surface area (Å²) in [5, 5.41) is 8.38. The third-order valence-corrected chi connectivity index (χ3v) is 3.07. The number of carboxylic acid groups (broad SMARTS) is 1. The van der Waals surface area contributed by atoms with Crippen LogP contribution in [0, 0.1) is 0 Å². The molecular weight excluding hydrogens is 254 g/mol. The molecule has 1 heterocycles. The number of carbonyl (C=O) groups excluding carboxylic acids is 1. The molecule has 1 N–H and O–H groups in total. The second kappa shape index (κ2) is 6.52. The second-order valence-corrected chi connectivity index (χ2v) is 4.35. The molecule has 0 saturated carbocycles. The van der Waals surface area contributed by atoms with Gasteiger partial charge < -0.3 is 10.0 Å². The molecule has 0 aliphatic carbocycles. The Morgan fingerprint density at radius 3 is 2.30 bits per heavy atom. The van der Waals surface area contributed by atoms with Crippen LogP contribution in [-0.4, -0.2) is 24.0 Å². The molecule has 0 radical (unpaired) electrons. The van der Waals surface area contributed by atoms with Crippen molar-refractivity contribution in [3.05, 3.63) is 65.7 Å². The van der Waals surface area contributed by atoms with E-state index in [0.29, 0.717) is 5.56 Å². The Kier molecular flexibility index (Phi) is 4.50. The van der Waals surface area contributed by atoms with Crippen LogP contribution in [0.5, 0.6) is 0 Å². The van der Waals surface area contributed by atoms with Gasteiger partial charge in [0.25, 0.3) is 0 Å². The zero-order chi connectivity index (χ0) is 14.4. The summed E-state index contributed by atoms with van der Waals surface area (Å²) >= 11 is 0. The van der Waals surface area contributed by atoms with Crippen molar-refractivity contribution in [2.75, 3.05) is 11.4 Å². The van der Waals surface area contributed by atoms with E-state index in [1.807, 2.05) is 18.2 Å². The summed E-state index contributed by atoms with van der Waals surface area (Å²) in [5.74, 6) is -0.879. The molecule has 0 unspecified atom stereocenters. The number of hydrogen-bond acceptors (Lipinski definition) is 2. The Morgan fingerprint density at radius 1 is 1.05 bits per heavy atom. The Morgan fingerprint density at radius 2 is 1.70 bits per heavy atom. The minimum absolute atomic E-state index is 0.331. The first-order valence-corrected chi connectivity index (χ1v) is 6.30. The lowest BCUT2D eigenvalue weighted by Crippen LogP contribution is -2.16. The van der Waals surface area contributed by atoms with Crippen LogP contribution in [0.2, 0.25) is 0 Å². The molecule has 0 atom stereocenters. The van der Waals surface area contributed by atoms with Gasteiger partial charge in [0.05, 0.1) is 5.56 Å². The van der Waals surface area contributed by atoms with Crippen molar-refractivity contribution in [1.29, 1.82) is 0 Å². The topological polar surface area (TPSA) is 57.6 Å². The minimum atomic E-state index is -0.879. The van der Waals surface area contributed by atoms with Crippen LogP contribution < -0.4 is 4.90 Å². The maximum Gasteiger partial charge on any atom is 0.335 e. The highest BCUT2D eigenvalue weighted by Gasteiger charge is 2.16. The smallest absolute Gasteiger partial charge is 0.335 e. The van der Waals surface area contributed by atoms with Gasteiger partial charge in [-0.1, -0.05) is 36.4 Å². The van der Waals surface area contributed by atoms with Crippen LogP contribution in [0.15, 0.2) is 54.6 Å². The normalized spacial score (nSPS) is 12.1. The summed E-state index contributed by atoms with van der Waals surface area (Å²) in [5.41, 5.74) is 2.68. The van der Waals surface area contributed by atoms with Crippen LogP contribution in [0.25, 0.3) is 0 Å². The average Bonchev–Trinajstić information content (AvgIpc) is 2.92. The molecule has 20 heavy (non-hydrogen) atoms. The van der Waals surface area contributed by atoms with Gasteiger partial charge in [-0.15, -0.1) is 0 Å². The lowest BCUT2D eigenvalue weighted by Gasteiger charge is -2.08. The van der Waals surface area contributed by atoms with Crippen molar-refractivity contribution in [3.8, 4) is 0 Å². The van der Waals surface area contributed by atoms with Crippen molar-refractivity contribution >= 4 is 18.1 Å². The van der Waals surface area contributed by atoms with Crippen molar-refractivity contribution in [2.45, 2.75) is 6.42 Å². The first-order chi connectivity index (χ1) is 9.72. The number of rotatable bonds is 2. The van der Waals surface area contributed by atoms with Gasteiger partial charge in [-0.2, -0.15) is 0 Å². The molecule has 1 aliphatic heterocycles. The maximum absolute atomic E-state index is 10.5. The predicted octanol–water partition coefficient (Wildman–Crippen LogP) is 2.59. The van der Waals surface area contributed by atoms with Crippen LogP contribution in [0.4, 0.5) is 5.69 Å². The Bertz CT molecular complexity index is 596. The second-order valence-electron chi connectivity index (χ2n) is 4.35. The third kappa shape index (κ3) is 3.23. The average molecular weight is 269 g/mol. The summed E-state index contributed by atoms with van der Waals surface area (Å²) in [6.07, 6.45) is 1.89. The highest BCUT2D eigenvalue weighted by atomic mass is 16.4. The standard InChI is InChI=1S/C9H9NO.C7H6O2/c11-7-10-6-5-8-3-1-2-4-9(8)10;8-7(9)6-4-2-1-3-5-6/h1-4,7H,5-6H2;1-5H,(H,8,9). The van der Waals surface area contributed by atoms with Crippen LogP contribution >= 0.6 is 0 Å². The molecular formula is C16H15NO3. The third-order valence-electron chi connectivity index (χ3n) is 3.07. The number of aromatic carboxylic acids is 1. The molecule has 1 amide bonds. The number of anilines is 1. The van der Waals surface area contributed by atoms with Gasteiger partial charge >= 0.3 is 5.97 Å². The molecule has 102 valence electrons. The van der Waals surface area contributed by atoms with Crippen molar-refractivity contribution in [1.82, 2.24) is 0 Å². The number of amides is 1. The minimum Gasteiger partial charge on any atom is -0.478 e. The van der Waals surface area contributed by atoms with Crippen LogP contribution in [0.3, 0.4) is 0 Å².